The zero-order valence-corrected chi connectivity index (χ0v) is 12.4. The Morgan fingerprint density at radius 1 is 1.25 bits per heavy atom. The fraction of sp³-hybridized carbons (Fsp3) is 0.923. The van der Waals surface area contributed by atoms with E-state index in [1.807, 2.05) is 4.90 Å². The first-order valence-electron chi connectivity index (χ1n) is 7.48. The van der Waals surface area contributed by atoms with Gasteiger partial charge in [0.2, 0.25) is 5.91 Å². The molecule has 3 aliphatic rings. The van der Waals surface area contributed by atoms with E-state index >= 15 is 0 Å². The Kier molecular flexibility index (Phi) is 3.77. The normalized spacial score (nSPS) is 36.8. The highest BCUT2D eigenvalue weighted by Gasteiger charge is 2.49. The van der Waals surface area contributed by atoms with E-state index in [9.17, 15) is 13.2 Å². The molecule has 20 heavy (non-hydrogen) atoms. The van der Waals surface area contributed by atoms with E-state index in [1.54, 1.807) is 0 Å². The highest BCUT2D eigenvalue weighted by molar-refractivity contribution is 7.87. The van der Waals surface area contributed by atoms with Crippen LogP contribution in [0.5, 0.6) is 0 Å². The maximum absolute atomic E-state index is 12.5. The summed E-state index contributed by atoms with van der Waals surface area (Å²) in [5.41, 5.74) is 0. The van der Waals surface area contributed by atoms with E-state index in [0.29, 0.717) is 13.1 Å². The molecular formula is C13H23N3O3S. The number of nitrogens with one attached hydrogen (secondary N) is 1. The summed E-state index contributed by atoms with van der Waals surface area (Å²) in [7, 11) is -3.63. The van der Waals surface area contributed by atoms with E-state index < -0.39 is 10.2 Å². The Balaban J connectivity index is 1.51. The summed E-state index contributed by atoms with van der Waals surface area (Å²) in [5, 5.41) is 4.95. The molecule has 3 unspecified atom stereocenters. The summed E-state index contributed by atoms with van der Waals surface area (Å²) < 4.78 is 24.2. The van der Waals surface area contributed by atoms with Crippen LogP contribution in [0, 0.1) is 23.7 Å². The predicted molar refractivity (Wildman–Crippen MR) is 74.7 cm³/mol. The molecule has 1 saturated heterocycles. The van der Waals surface area contributed by atoms with Crippen LogP contribution in [0.1, 0.15) is 32.1 Å². The van der Waals surface area contributed by atoms with Crippen LogP contribution in [0.4, 0.5) is 0 Å². The third-order valence-electron chi connectivity index (χ3n) is 5.00. The molecule has 0 aromatic heterocycles. The van der Waals surface area contributed by atoms with Crippen molar-refractivity contribution in [2.45, 2.75) is 32.1 Å². The molecule has 3 N–H and O–H groups in total. The molecule has 0 radical (unpaired) electrons. The summed E-state index contributed by atoms with van der Waals surface area (Å²) in [6.45, 7) is 1.81. The monoisotopic (exact) mass is 301 g/mol. The molecule has 0 aromatic rings. The molecule has 0 aromatic carbocycles. The molecule has 0 spiro atoms. The zero-order chi connectivity index (χ0) is 14.3. The standard InChI is InChI=1S/C13H23N3O3S/c14-20(18,19)15-7-9-2-1-3-16(8-9)13(17)12-5-10-4-11(10)6-12/h9-12,15H,1-8H2,(H2,14,18,19). The lowest BCUT2D eigenvalue weighted by atomic mass is 9.95. The third-order valence-corrected chi connectivity index (χ3v) is 5.57. The van der Waals surface area contributed by atoms with Gasteiger partial charge in [-0.15, -0.1) is 0 Å². The summed E-state index contributed by atoms with van der Waals surface area (Å²) >= 11 is 0. The van der Waals surface area contributed by atoms with Crippen molar-refractivity contribution in [3.63, 3.8) is 0 Å². The van der Waals surface area contributed by atoms with Gasteiger partial charge in [0.05, 0.1) is 0 Å². The SMILES string of the molecule is NS(=O)(=O)NCC1CCCN(C(=O)C2CC3CC3C2)C1. The smallest absolute Gasteiger partial charge is 0.274 e. The Morgan fingerprint density at radius 2 is 1.95 bits per heavy atom. The van der Waals surface area contributed by atoms with Gasteiger partial charge in [-0.1, -0.05) is 0 Å². The maximum atomic E-state index is 12.5. The van der Waals surface area contributed by atoms with E-state index in [1.165, 1.54) is 6.42 Å². The van der Waals surface area contributed by atoms with Crippen LogP contribution in [0.15, 0.2) is 0 Å². The van der Waals surface area contributed by atoms with Crippen molar-refractivity contribution in [2.75, 3.05) is 19.6 Å². The van der Waals surface area contributed by atoms with Crippen LogP contribution >= 0.6 is 0 Å². The molecule has 114 valence electrons. The Morgan fingerprint density at radius 3 is 2.60 bits per heavy atom. The van der Waals surface area contributed by atoms with Gasteiger partial charge in [-0.05, 0) is 49.9 Å². The molecule has 2 aliphatic carbocycles. The van der Waals surface area contributed by atoms with Gasteiger partial charge in [0.25, 0.3) is 10.2 Å². The van der Waals surface area contributed by atoms with Crippen molar-refractivity contribution >= 4 is 16.1 Å². The third kappa shape index (κ3) is 3.32. The van der Waals surface area contributed by atoms with Gasteiger partial charge in [-0.2, -0.15) is 8.42 Å². The molecule has 2 saturated carbocycles. The van der Waals surface area contributed by atoms with Crippen molar-refractivity contribution in [1.29, 1.82) is 0 Å². The number of amides is 1. The highest BCUT2D eigenvalue weighted by Crippen LogP contribution is 2.54. The topological polar surface area (TPSA) is 92.5 Å². The molecule has 6 nitrogen and oxygen atoms in total. The molecule has 7 heteroatoms. The summed E-state index contributed by atoms with van der Waals surface area (Å²) in [6.07, 6.45) is 5.36. The average Bonchev–Trinajstić information content (AvgIpc) is 3.02. The molecular weight excluding hydrogens is 278 g/mol. The largest absolute Gasteiger partial charge is 0.342 e. The zero-order valence-electron chi connectivity index (χ0n) is 11.6. The van der Waals surface area contributed by atoms with Gasteiger partial charge in [0.1, 0.15) is 0 Å². The number of likely N-dealkylation sites (tertiary alicyclic amines) is 1. The second kappa shape index (κ2) is 5.27. The van der Waals surface area contributed by atoms with Gasteiger partial charge >= 0.3 is 0 Å². The van der Waals surface area contributed by atoms with Gasteiger partial charge in [0.15, 0.2) is 0 Å². The van der Waals surface area contributed by atoms with Crippen molar-refractivity contribution in [3.8, 4) is 0 Å². The summed E-state index contributed by atoms with van der Waals surface area (Å²) in [6, 6.07) is 0. The quantitative estimate of drug-likeness (QED) is 0.769. The van der Waals surface area contributed by atoms with Gasteiger partial charge in [-0.3, -0.25) is 4.79 Å². The first kappa shape index (κ1) is 14.3. The van der Waals surface area contributed by atoms with Gasteiger partial charge < -0.3 is 4.90 Å². The van der Waals surface area contributed by atoms with Gasteiger partial charge in [-0.25, -0.2) is 9.86 Å². The predicted octanol–water partition coefficient (Wildman–Crippen LogP) is 0.0642. The minimum absolute atomic E-state index is 0.182. The molecule has 1 aliphatic heterocycles. The van der Waals surface area contributed by atoms with Crippen LogP contribution in [-0.4, -0.2) is 38.9 Å². The summed E-state index contributed by atoms with van der Waals surface area (Å²) in [4.78, 5) is 14.4. The molecule has 1 heterocycles. The Hall–Kier alpha value is -0.660. The van der Waals surface area contributed by atoms with E-state index in [0.717, 1.165) is 44.1 Å². The Labute approximate surface area is 120 Å². The van der Waals surface area contributed by atoms with E-state index in [2.05, 4.69) is 4.72 Å². The summed E-state index contributed by atoms with van der Waals surface area (Å²) in [5.74, 6) is 2.32. The van der Waals surface area contributed by atoms with Crippen molar-refractivity contribution in [1.82, 2.24) is 9.62 Å². The lowest BCUT2D eigenvalue weighted by Gasteiger charge is -2.34. The number of hydrogen-bond acceptors (Lipinski definition) is 3. The van der Waals surface area contributed by atoms with E-state index in [-0.39, 0.29) is 17.7 Å². The highest BCUT2D eigenvalue weighted by atomic mass is 32.2. The number of fused-ring (bicyclic) bond motifs is 1. The second-order valence-corrected chi connectivity index (χ2v) is 7.99. The molecule has 1 amide bonds. The minimum Gasteiger partial charge on any atom is -0.342 e. The molecule has 3 fully saturated rings. The lowest BCUT2D eigenvalue weighted by Crippen LogP contribution is -2.46. The van der Waals surface area contributed by atoms with Crippen molar-refractivity contribution in [2.24, 2.45) is 28.8 Å². The Bertz CT molecular complexity index is 483. The molecule has 3 rings (SSSR count). The number of carbonyl (C=O) groups excluding carboxylic acids is 1. The van der Waals surface area contributed by atoms with E-state index in [4.69, 9.17) is 5.14 Å². The number of hydrogen-bond donors (Lipinski definition) is 2. The number of carbonyl (C=O) groups is 1. The minimum atomic E-state index is -3.63. The number of nitrogens with two attached hydrogens (primary N) is 1. The van der Waals surface area contributed by atoms with Crippen molar-refractivity contribution in [3.05, 3.63) is 0 Å². The molecule has 3 atom stereocenters. The fourth-order valence-corrected chi connectivity index (χ4v) is 4.31. The van der Waals surface area contributed by atoms with Crippen molar-refractivity contribution < 1.29 is 13.2 Å². The lowest BCUT2D eigenvalue weighted by molar-refractivity contribution is -0.137. The van der Waals surface area contributed by atoms with Crippen LogP contribution in [0.2, 0.25) is 0 Å². The fourth-order valence-electron chi connectivity index (χ4n) is 3.84. The van der Waals surface area contributed by atoms with Crippen LogP contribution in [-0.2, 0) is 15.0 Å². The number of rotatable bonds is 4. The maximum Gasteiger partial charge on any atom is 0.274 e. The van der Waals surface area contributed by atoms with Crippen LogP contribution in [0.25, 0.3) is 0 Å². The first-order chi connectivity index (χ1) is 9.42. The average molecular weight is 301 g/mol. The second-order valence-electron chi connectivity index (χ2n) is 6.61. The van der Waals surface area contributed by atoms with Crippen LogP contribution < -0.4 is 9.86 Å². The van der Waals surface area contributed by atoms with Gasteiger partial charge in [0, 0.05) is 25.6 Å². The number of piperidine rings is 1. The first-order valence-corrected chi connectivity index (χ1v) is 9.03. The molecule has 0 bridgehead atoms. The number of nitrogens with zero attached hydrogens (tertiary/aromatic N) is 1. The van der Waals surface area contributed by atoms with Crippen LogP contribution in [0.3, 0.4) is 0 Å².